The first-order valence-corrected chi connectivity index (χ1v) is 9.61. The Labute approximate surface area is 151 Å². The van der Waals surface area contributed by atoms with Crippen LogP contribution in [0, 0.1) is 5.92 Å². The van der Waals surface area contributed by atoms with Crippen LogP contribution in [0.25, 0.3) is 10.8 Å². The summed E-state index contributed by atoms with van der Waals surface area (Å²) < 4.78 is 6.07. The average Bonchev–Trinajstić information content (AvgIpc) is 2.66. The van der Waals surface area contributed by atoms with Gasteiger partial charge in [-0.1, -0.05) is 76.4 Å². The summed E-state index contributed by atoms with van der Waals surface area (Å²) in [5, 5.41) is 5.27. The zero-order valence-corrected chi connectivity index (χ0v) is 15.8. The Balaban J connectivity index is 2.00. The topological polar surface area (TPSA) is 38.3 Å². The van der Waals surface area contributed by atoms with Gasteiger partial charge >= 0.3 is 0 Å². The maximum Gasteiger partial charge on any atom is 0.261 e. The van der Waals surface area contributed by atoms with Crippen molar-refractivity contribution in [1.29, 1.82) is 0 Å². The van der Waals surface area contributed by atoms with Gasteiger partial charge in [0.05, 0.1) is 0 Å². The molecule has 0 aliphatic rings. The predicted octanol–water partition coefficient (Wildman–Crippen LogP) is 5.33. The second-order valence-corrected chi connectivity index (χ2v) is 6.65. The molecule has 1 amide bonds. The molecular formula is C22H31NO2. The average molecular weight is 341 g/mol. The number of hydrogen-bond donors (Lipinski definition) is 1. The van der Waals surface area contributed by atoms with E-state index in [9.17, 15) is 4.79 Å². The van der Waals surface area contributed by atoms with E-state index in [-0.39, 0.29) is 5.91 Å². The lowest BCUT2D eigenvalue weighted by molar-refractivity contribution is -0.128. The SMILES string of the molecule is CCCCC(CC)CNC(=O)C(CC)Oc1cccc2ccccc12. The third kappa shape index (κ3) is 5.48. The maximum atomic E-state index is 12.6. The summed E-state index contributed by atoms with van der Waals surface area (Å²) in [6.45, 7) is 7.13. The molecule has 0 saturated heterocycles. The first-order chi connectivity index (χ1) is 12.2. The number of ether oxygens (including phenoxy) is 1. The number of unbranched alkanes of at least 4 members (excludes halogenated alkanes) is 1. The van der Waals surface area contributed by atoms with Crippen LogP contribution in [0.15, 0.2) is 42.5 Å². The molecule has 3 heteroatoms. The third-order valence-corrected chi connectivity index (χ3v) is 4.79. The van der Waals surface area contributed by atoms with Crippen LogP contribution in [0.2, 0.25) is 0 Å². The van der Waals surface area contributed by atoms with Crippen LogP contribution >= 0.6 is 0 Å². The number of benzene rings is 2. The second-order valence-electron chi connectivity index (χ2n) is 6.65. The van der Waals surface area contributed by atoms with Gasteiger partial charge in [0, 0.05) is 11.9 Å². The molecule has 2 aromatic rings. The number of carbonyl (C=O) groups is 1. The third-order valence-electron chi connectivity index (χ3n) is 4.79. The molecule has 0 aliphatic carbocycles. The van der Waals surface area contributed by atoms with Crippen molar-refractivity contribution in [2.45, 2.75) is 59.0 Å². The van der Waals surface area contributed by atoms with Gasteiger partial charge in [0.15, 0.2) is 6.10 Å². The van der Waals surface area contributed by atoms with Gasteiger partial charge < -0.3 is 10.1 Å². The zero-order valence-electron chi connectivity index (χ0n) is 15.8. The minimum absolute atomic E-state index is 0.00890. The highest BCUT2D eigenvalue weighted by molar-refractivity contribution is 5.89. The molecule has 0 fully saturated rings. The van der Waals surface area contributed by atoms with Gasteiger partial charge in [-0.15, -0.1) is 0 Å². The molecule has 0 saturated carbocycles. The Hall–Kier alpha value is -2.03. The van der Waals surface area contributed by atoms with Crippen LogP contribution in [0.4, 0.5) is 0 Å². The van der Waals surface area contributed by atoms with Crippen LogP contribution in [0.5, 0.6) is 5.75 Å². The first kappa shape index (κ1) is 19.3. The second kappa shape index (κ2) is 10.1. The lowest BCUT2D eigenvalue weighted by Crippen LogP contribution is -2.40. The fraction of sp³-hybridized carbons (Fsp3) is 0.500. The van der Waals surface area contributed by atoms with Crippen molar-refractivity contribution in [2.24, 2.45) is 5.92 Å². The largest absolute Gasteiger partial charge is 0.480 e. The number of fused-ring (bicyclic) bond motifs is 1. The molecule has 2 atom stereocenters. The molecule has 0 aromatic heterocycles. The summed E-state index contributed by atoms with van der Waals surface area (Å²) in [5.41, 5.74) is 0. The van der Waals surface area contributed by atoms with Gasteiger partial charge in [0.25, 0.3) is 5.91 Å². The zero-order chi connectivity index (χ0) is 18.1. The molecule has 25 heavy (non-hydrogen) atoms. The Morgan fingerprint density at radius 3 is 2.52 bits per heavy atom. The number of amides is 1. The van der Waals surface area contributed by atoms with Crippen LogP contribution in [-0.4, -0.2) is 18.6 Å². The summed E-state index contributed by atoms with van der Waals surface area (Å²) in [6.07, 6.45) is 4.90. The van der Waals surface area contributed by atoms with Crippen molar-refractivity contribution in [3.63, 3.8) is 0 Å². The molecular weight excluding hydrogens is 310 g/mol. The number of hydrogen-bond acceptors (Lipinski definition) is 2. The molecule has 136 valence electrons. The normalized spacial score (nSPS) is 13.4. The molecule has 0 aliphatic heterocycles. The van der Waals surface area contributed by atoms with Gasteiger partial charge in [0.2, 0.25) is 0 Å². The van der Waals surface area contributed by atoms with Crippen LogP contribution in [0.3, 0.4) is 0 Å². The number of carbonyl (C=O) groups excluding carboxylic acids is 1. The first-order valence-electron chi connectivity index (χ1n) is 9.61. The summed E-state index contributed by atoms with van der Waals surface area (Å²) in [4.78, 5) is 12.6. The molecule has 2 aromatic carbocycles. The smallest absolute Gasteiger partial charge is 0.261 e. The van der Waals surface area contributed by atoms with E-state index in [1.54, 1.807) is 0 Å². The minimum atomic E-state index is -0.450. The Morgan fingerprint density at radius 1 is 1.04 bits per heavy atom. The van der Waals surface area contributed by atoms with Gasteiger partial charge in [-0.05, 0) is 30.2 Å². The van der Waals surface area contributed by atoms with Crippen molar-refractivity contribution in [2.75, 3.05) is 6.54 Å². The maximum absolute atomic E-state index is 12.6. The summed E-state index contributed by atoms with van der Waals surface area (Å²) >= 11 is 0. The van der Waals surface area contributed by atoms with Gasteiger partial charge in [-0.2, -0.15) is 0 Å². The highest BCUT2D eigenvalue weighted by Crippen LogP contribution is 2.26. The predicted molar refractivity (Wildman–Crippen MR) is 105 cm³/mol. The van der Waals surface area contributed by atoms with Crippen LogP contribution in [0.1, 0.15) is 52.9 Å². The molecule has 0 spiro atoms. The van der Waals surface area contributed by atoms with Crippen molar-refractivity contribution in [1.82, 2.24) is 5.32 Å². The van der Waals surface area contributed by atoms with E-state index in [1.165, 1.54) is 19.3 Å². The summed E-state index contributed by atoms with van der Waals surface area (Å²) in [7, 11) is 0. The molecule has 0 radical (unpaired) electrons. The van der Waals surface area contributed by atoms with Crippen molar-refractivity contribution in [3.8, 4) is 5.75 Å². The molecule has 2 unspecified atom stereocenters. The van der Waals surface area contributed by atoms with Crippen molar-refractivity contribution in [3.05, 3.63) is 42.5 Å². The van der Waals surface area contributed by atoms with E-state index in [1.807, 2.05) is 37.3 Å². The molecule has 2 rings (SSSR count). The van der Waals surface area contributed by atoms with Gasteiger partial charge in [-0.25, -0.2) is 0 Å². The number of rotatable bonds is 10. The fourth-order valence-electron chi connectivity index (χ4n) is 3.08. The summed E-state index contributed by atoms with van der Waals surface area (Å²) in [6, 6.07) is 14.1. The molecule has 1 N–H and O–H groups in total. The van der Waals surface area contributed by atoms with Crippen molar-refractivity contribution >= 4 is 16.7 Å². The van der Waals surface area contributed by atoms with E-state index in [0.717, 1.165) is 29.5 Å². The van der Waals surface area contributed by atoms with E-state index >= 15 is 0 Å². The fourth-order valence-corrected chi connectivity index (χ4v) is 3.08. The highest BCUT2D eigenvalue weighted by atomic mass is 16.5. The Bertz CT molecular complexity index is 663. The Morgan fingerprint density at radius 2 is 1.80 bits per heavy atom. The molecule has 0 bridgehead atoms. The van der Waals surface area contributed by atoms with Crippen molar-refractivity contribution < 1.29 is 9.53 Å². The Kier molecular flexibility index (Phi) is 7.77. The standard InChI is InChI=1S/C22H31NO2/c1-4-7-11-17(5-2)16-23-22(24)20(6-3)25-21-15-10-13-18-12-8-9-14-19(18)21/h8-10,12-15,17,20H,4-7,11,16H2,1-3H3,(H,23,24). The van der Waals surface area contributed by atoms with E-state index in [4.69, 9.17) is 4.74 Å². The minimum Gasteiger partial charge on any atom is -0.480 e. The lowest BCUT2D eigenvalue weighted by atomic mass is 9.99. The monoisotopic (exact) mass is 341 g/mol. The van der Waals surface area contributed by atoms with Crippen LogP contribution in [-0.2, 0) is 4.79 Å². The number of nitrogens with one attached hydrogen (secondary N) is 1. The van der Waals surface area contributed by atoms with Gasteiger partial charge in [-0.3, -0.25) is 4.79 Å². The quantitative estimate of drug-likeness (QED) is 0.634. The van der Waals surface area contributed by atoms with E-state index in [2.05, 4.69) is 31.3 Å². The highest BCUT2D eigenvalue weighted by Gasteiger charge is 2.20. The van der Waals surface area contributed by atoms with E-state index in [0.29, 0.717) is 12.3 Å². The van der Waals surface area contributed by atoms with Crippen LogP contribution < -0.4 is 10.1 Å². The summed E-state index contributed by atoms with van der Waals surface area (Å²) in [5.74, 6) is 1.32. The van der Waals surface area contributed by atoms with Gasteiger partial charge in [0.1, 0.15) is 5.75 Å². The van der Waals surface area contributed by atoms with E-state index < -0.39 is 6.10 Å². The molecule has 3 nitrogen and oxygen atoms in total. The molecule has 0 heterocycles. The lowest BCUT2D eigenvalue weighted by Gasteiger charge is -2.21.